The summed E-state index contributed by atoms with van der Waals surface area (Å²) in [5.41, 5.74) is 6.06. The van der Waals surface area contributed by atoms with Gasteiger partial charge in [-0.1, -0.05) is 12.1 Å². The molecule has 1 heterocycles. The Morgan fingerprint density at radius 2 is 1.66 bits per heavy atom. The number of likely N-dealkylation sites (tertiary alicyclic amines) is 1. The van der Waals surface area contributed by atoms with Gasteiger partial charge in [0.25, 0.3) is 0 Å². The summed E-state index contributed by atoms with van der Waals surface area (Å²) in [5.74, 6) is -3.52. The molecule has 0 unspecified atom stereocenters. The SMILES string of the molecule is N[C@@H](CO)C(=O)N[C@@H](Cc1ccc(O)cc1)C(=O)N[C@@H](CO)C(=O)N1CCC[C@H]1C(=O)O. The molecule has 0 spiro atoms. The summed E-state index contributed by atoms with van der Waals surface area (Å²) in [6.07, 6.45) is 0.711. The van der Waals surface area contributed by atoms with Gasteiger partial charge in [-0.05, 0) is 30.5 Å². The number of benzene rings is 1. The number of aromatic hydroxyl groups is 1. The molecule has 0 aliphatic carbocycles. The second-order valence-electron chi connectivity index (χ2n) is 7.49. The van der Waals surface area contributed by atoms with Gasteiger partial charge in [-0.2, -0.15) is 0 Å². The monoisotopic (exact) mass is 452 g/mol. The number of hydrogen-bond acceptors (Lipinski definition) is 8. The van der Waals surface area contributed by atoms with E-state index in [4.69, 9.17) is 10.8 Å². The first-order chi connectivity index (χ1) is 15.2. The number of carbonyl (C=O) groups excluding carboxylic acids is 3. The lowest BCUT2D eigenvalue weighted by Crippen LogP contribution is -2.58. The first kappa shape index (κ1) is 25.0. The summed E-state index contributed by atoms with van der Waals surface area (Å²) >= 11 is 0. The number of aliphatic hydroxyl groups is 2. The van der Waals surface area contributed by atoms with Gasteiger partial charge in [-0.3, -0.25) is 14.4 Å². The highest BCUT2D eigenvalue weighted by atomic mass is 16.4. The van der Waals surface area contributed by atoms with Crippen molar-refractivity contribution in [2.45, 2.75) is 43.4 Å². The van der Waals surface area contributed by atoms with Crippen LogP contribution in [0, 0.1) is 0 Å². The van der Waals surface area contributed by atoms with E-state index in [1.54, 1.807) is 0 Å². The Kier molecular flexibility index (Phi) is 8.93. The molecule has 1 aromatic rings. The van der Waals surface area contributed by atoms with Crippen LogP contribution in [-0.2, 0) is 25.6 Å². The molecule has 0 saturated carbocycles. The van der Waals surface area contributed by atoms with Crippen molar-refractivity contribution in [3.8, 4) is 5.75 Å². The zero-order valence-electron chi connectivity index (χ0n) is 17.3. The van der Waals surface area contributed by atoms with Crippen molar-refractivity contribution in [2.75, 3.05) is 19.8 Å². The molecule has 3 amide bonds. The minimum atomic E-state index is -1.41. The van der Waals surface area contributed by atoms with E-state index >= 15 is 0 Å². The van der Waals surface area contributed by atoms with Crippen LogP contribution in [0.25, 0.3) is 0 Å². The summed E-state index contributed by atoms with van der Waals surface area (Å²) in [7, 11) is 0. The smallest absolute Gasteiger partial charge is 0.326 e. The predicted octanol–water partition coefficient (Wildman–Crippen LogP) is -2.71. The topological polar surface area (TPSA) is 203 Å². The summed E-state index contributed by atoms with van der Waals surface area (Å²) in [6.45, 7) is -1.24. The van der Waals surface area contributed by atoms with E-state index in [1.165, 1.54) is 24.3 Å². The highest BCUT2D eigenvalue weighted by molar-refractivity contribution is 5.94. The van der Waals surface area contributed by atoms with Crippen molar-refractivity contribution in [1.82, 2.24) is 15.5 Å². The number of aliphatic hydroxyl groups excluding tert-OH is 2. The lowest BCUT2D eigenvalue weighted by Gasteiger charge is -2.28. The van der Waals surface area contributed by atoms with E-state index in [1.807, 2.05) is 0 Å². The molecule has 0 aromatic heterocycles. The maximum Gasteiger partial charge on any atom is 0.326 e. The fraction of sp³-hybridized carbons (Fsp3) is 0.500. The number of nitrogens with one attached hydrogen (secondary N) is 2. The highest BCUT2D eigenvalue weighted by Gasteiger charge is 2.38. The van der Waals surface area contributed by atoms with Crippen LogP contribution < -0.4 is 16.4 Å². The zero-order chi connectivity index (χ0) is 23.8. The number of carboxylic acid groups (broad SMARTS) is 1. The highest BCUT2D eigenvalue weighted by Crippen LogP contribution is 2.18. The van der Waals surface area contributed by atoms with Crippen LogP contribution in [0.1, 0.15) is 18.4 Å². The molecule has 12 nitrogen and oxygen atoms in total. The van der Waals surface area contributed by atoms with E-state index in [0.717, 1.165) is 4.90 Å². The van der Waals surface area contributed by atoms with E-state index in [9.17, 15) is 34.5 Å². The normalized spacial score (nSPS) is 18.5. The van der Waals surface area contributed by atoms with Crippen LogP contribution in [0.3, 0.4) is 0 Å². The Hall–Kier alpha value is -3.22. The van der Waals surface area contributed by atoms with Crippen molar-refractivity contribution < 1.29 is 39.6 Å². The molecule has 1 aliphatic rings. The third-order valence-electron chi connectivity index (χ3n) is 5.16. The van der Waals surface area contributed by atoms with Crippen LogP contribution in [0.2, 0.25) is 0 Å². The number of phenols is 1. The van der Waals surface area contributed by atoms with Gasteiger partial charge in [-0.15, -0.1) is 0 Å². The van der Waals surface area contributed by atoms with Crippen LogP contribution in [0.4, 0.5) is 0 Å². The van der Waals surface area contributed by atoms with E-state index in [0.29, 0.717) is 12.0 Å². The maximum absolute atomic E-state index is 12.9. The molecule has 1 aliphatic heterocycles. The minimum Gasteiger partial charge on any atom is -0.508 e. The van der Waals surface area contributed by atoms with Crippen LogP contribution >= 0.6 is 0 Å². The summed E-state index contributed by atoms with van der Waals surface area (Å²) in [6, 6.07) is 0.906. The number of nitrogens with two attached hydrogens (primary N) is 1. The standard InChI is InChI=1S/C20H28N4O8/c21-13(9-25)17(28)22-14(8-11-3-5-12(27)6-4-11)18(29)23-15(10-26)19(30)24-7-1-2-16(24)20(31)32/h3-6,13-16,25-27H,1-2,7-10,21H2,(H,22,28)(H,23,29)(H,31,32)/t13-,14-,15-,16-/m0/s1. The average molecular weight is 452 g/mol. The molecule has 1 aromatic carbocycles. The molecular formula is C20H28N4O8. The van der Waals surface area contributed by atoms with Crippen molar-refractivity contribution in [3.63, 3.8) is 0 Å². The zero-order valence-corrected chi connectivity index (χ0v) is 17.3. The Balaban J connectivity index is 2.16. The number of nitrogens with zero attached hydrogens (tertiary/aromatic N) is 1. The first-order valence-electron chi connectivity index (χ1n) is 10.1. The third kappa shape index (κ3) is 6.39. The molecule has 1 saturated heterocycles. The lowest BCUT2D eigenvalue weighted by molar-refractivity contribution is -0.150. The van der Waals surface area contributed by atoms with E-state index < -0.39 is 61.1 Å². The van der Waals surface area contributed by atoms with Crippen molar-refractivity contribution in [1.29, 1.82) is 0 Å². The van der Waals surface area contributed by atoms with Crippen molar-refractivity contribution in [2.24, 2.45) is 5.73 Å². The van der Waals surface area contributed by atoms with Gasteiger partial charge in [0.15, 0.2) is 0 Å². The van der Waals surface area contributed by atoms with Gasteiger partial charge in [0.2, 0.25) is 17.7 Å². The quantitative estimate of drug-likeness (QED) is 0.197. The second kappa shape index (κ2) is 11.4. The summed E-state index contributed by atoms with van der Waals surface area (Å²) in [5, 5.41) is 42.2. The van der Waals surface area contributed by atoms with Gasteiger partial charge in [-0.25, -0.2) is 4.79 Å². The molecule has 0 bridgehead atoms. The van der Waals surface area contributed by atoms with Crippen LogP contribution in [0.15, 0.2) is 24.3 Å². The maximum atomic E-state index is 12.9. The third-order valence-corrected chi connectivity index (χ3v) is 5.16. The molecule has 12 heteroatoms. The van der Waals surface area contributed by atoms with E-state index in [-0.39, 0.29) is 25.1 Å². The number of carbonyl (C=O) groups is 4. The van der Waals surface area contributed by atoms with Crippen molar-refractivity contribution in [3.05, 3.63) is 29.8 Å². The predicted molar refractivity (Wildman–Crippen MR) is 110 cm³/mol. The largest absolute Gasteiger partial charge is 0.508 e. The molecule has 2 rings (SSSR count). The lowest BCUT2D eigenvalue weighted by atomic mass is 10.0. The van der Waals surface area contributed by atoms with Gasteiger partial charge in [0.1, 0.15) is 29.9 Å². The first-order valence-corrected chi connectivity index (χ1v) is 10.1. The van der Waals surface area contributed by atoms with Gasteiger partial charge >= 0.3 is 5.97 Å². The Bertz CT molecular complexity index is 831. The molecular weight excluding hydrogens is 424 g/mol. The Morgan fingerprint density at radius 3 is 2.22 bits per heavy atom. The number of rotatable bonds is 10. The number of hydrogen-bond donors (Lipinski definition) is 7. The average Bonchev–Trinajstić information content (AvgIpc) is 3.27. The number of aliphatic carboxylic acids is 1. The van der Waals surface area contributed by atoms with Crippen molar-refractivity contribution >= 4 is 23.7 Å². The molecule has 0 radical (unpaired) electrons. The molecule has 32 heavy (non-hydrogen) atoms. The van der Waals surface area contributed by atoms with Gasteiger partial charge in [0.05, 0.1) is 13.2 Å². The number of carboxylic acids is 1. The number of phenolic OH excluding ortho intramolecular Hbond substituents is 1. The second-order valence-corrected chi connectivity index (χ2v) is 7.49. The van der Waals surface area contributed by atoms with E-state index in [2.05, 4.69) is 10.6 Å². The van der Waals surface area contributed by atoms with Crippen LogP contribution in [0.5, 0.6) is 5.75 Å². The van der Waals surface area contributed by atoms with Gasteiger partial charge < -0.3 is 41.7 Å². The minimum absolute atomic E-state index is 0.00521. The molecule has 8 N–H and O–H groups in total. The molecule has 4 atom stereocenters. The molecule has 176 valence electrons. The van der Waals surface area contributed by atoms with Crippen LogP contribution in [-0.4, -0.2) is 92.9 Å². The fourth-order valence-electron chi connectivity index (χ4n) is 3.38. The Labute approximate surface area is 184 Å². The number of amides is 3. The summed E-state index contributed by atoms with van der Waals surface area (Å²) < 4.78 is 0. The van der Waals surface area contributed by atoms with Gasteiger partial charge in [0, 0.05) is 13.0 Å². The molecule has 1 fully saturated rings. The summed E-state index contributed by atoms with van der Waals surface area (Å²) in [4.78, 5) is 50.2. The Morgan fingerprint density at radius 1 is 1.03 bits per heavy atom. The fourth-order valence-corrected chi connectivity index (χ4v) is 3.38.